The Kier molecular flexibility index (Phi) is 5.06. The third kappa shape index (κ3) is 3.97. The summed E-state index contributed by atoms with van der Waals surface area (Å²) in [5.41, 5.74) is 0.0846. The van der Waals surface area contributed by atoms with Gasteiger partial charge >= 0.3 is 0 Å². The van der Waals surface area contributed by atoms with Gasteiger partial charge in [-0.2, -0.15) is 0 Å². The van der Waals surface area contributed by atoms with Gasteiger partial charge in [-0.1, -0.05) is 32.0 Å². The third-order valence-electron chi connectivity index (χ3n) is 3.36. The molecule has 0 spiro atoms. The highest BCUT2D eigenvalue weighted by atomic mass is 35.5. The normalized spacial score (nSPS) is 11.8. The quantitative estimate of drug-likeness (QED) is 0.771. The van der Waals surface area contributed by atoms with Crippen molar-refractivity contribution in [2.75, 3.05) is 12.4 Å². The van der Waals surface area contributed by atoms with Gasteiger partial charge in [0.25, 0.3) is 5.91 Å². The van der Waals surface area contributed by atoms with Crippen LogP contribution in [0.15, 0.2) is 30.3 Å². The molecule has 20 heavy (non-hydrogen) atoms. The second-order valence-corrected chi connectivity index (χ2v) is 7.25. The Labute approximate surface area is 129 Å². The summed E-state index contributed by atoms with van der Waals surface area (Å²) in [5.74, 6) is 0.693. The van der Waals surface area contributed by atoms with Crippen molar-refractivity contribution >= 4 is 38.9 Å². The highest BCUT2D eigenvalue weighted by Crippen LogP contribution is 2.26. The summed E-state index contributed by atoms with van der Waals surface area (Å²) in [6.45, 7) is 4.99. The fourth-order valence-corrected chi connectivity index (χ4v) is 3.25. The number of fused-ring (bicyclic) bond motifs is 1. The van der Waals surface area contributed by atoms with Crippen LogP contribution in [-0.4, -0.2) is 18.3 Å². The minimum atomic E-state index is 0.0187. The van der Waals surface area contributed by atoms with E-state index in [2.05, 4.69) is 19.2 Å². The first-order chi connectivity index (χ1) is 9.52. The standard InChI is InChI=1S/C16H20ClNOS/c1-16(2,8-5-9-17)11-18-15(19)14-10-12-6-3-4-7-13(12)20-14/h3-4,6-7,10H,5,8-9,11H2,1-2H3,(H,18,19). The zero-order valence-corrected chi connectivity index (χ0v) is 13.5. The number of hydrogen-bond donors (Lipinski definition) is 1. The maximum atomic E-state index is 12.2. The number of thiophene rings is 1. The van der Waals surface area contributed by atoms with E-state index in [0.29, 0.717) is 12.4 Å². The van der Waals surface area contributed by atoms with Gasteiger partial charge in [-0.05, 0) is 35.8 Å². The van der Waals surface area contributed by atoms with Crippen LogP contribution in [0.3, 0.4) is 0 Å². The zero-order valence-electron chi connectivity index (χ0n) is 11.9. The molecule has 0 aliphatic rings. The Morgan fingerprint density at radius 1 is 1.35 bits per heavy atom. The van der Waals surface area contributed by atoms with Crippen LogP contribution < -0.4 is 5.32 Å². The smallest absolute Gasteiger partial charge is 0.261 e. The van der Waals surface area contributed by atoms with Gasteiger partial charge in [0, 0.05) is 17.1 Å². The molecular weight excluding hydrogens is 290 g/mol. The van der Waals surface area contributed by atoms with E-state index in [9.17, 15) is 4.79 Å². The molecule has 108 valence electrons. The fourth-order valence-electron chi connectivity index (χ4n) is 2.13. The summed E-state index contributed by atoms with van der Waals surface area (Å²) >= 11 is 7.27. The van der Waals surface area contributed by atoms with E-state index in [1.165, 1.54) is 0 Å². The Morgan fingerprint density at radius 3 is 2.80 bits per heavy atom. The maximum absolute atomic E-state index is 12.2. The van der Waals surface area contributed by atoms with Crippen molar-refractivity contribution < 1.29 is 4.79 Å². The predicted molar refractivity (Wildman–Crippen MR) is 87.9 cm³/mol. The number of alkyl halides is 1. The second kappa shape index (κ2) is 6.59. The first-order valence-corrected chi connectivity index (χ1v) is 8.20. The number of halogens is 1. The van der Waals surface area contributed by atoms with Crippen molar-refractivity contribution in [3.63, 3.8) is 0 Å². The van der Waals surface area contributed by atoms with Gasteiger partial charge in [-0.15, -0.1) is 22.9 Å². The molecule has 4 heteroatoms. The van der Waals surface area contributed by atoms with Crippen LogP contribution >= 0.6 is 22.9 Å². The van der Waals surface area contributed by atoms with Crippen LogP contribution in [0.25, 0.3) is 10.1 Å². The van der Waals surface area contributed by atoms with E-state index in [1.54, 1.807) is 11.3 Å². The van der Waals surface area contributed by atoms with Crippen LogP contribution in [0, 0.1) is 5.41 Å². The van der Waals surface area contributed by atoms with Gasteiger partial charge in [0.15, 0.2) is 0 Å². The van der Waals surface area contributed by atoms with Crippen LogP contribution in [0.5, 0.6) is 0 Å². The molecule has 1 aromatic carbocycles. The van der Waals surface area contributed by atoms with Crippen molar-refractivity contribution in [2.24, 2.45) is 5.41 Å². The summed E-state index contributed by atoms with van der Waals surface area (Å²) in [4.78, 5) is 13.0. The van der Waals surface area contributed by atoms with Crippen LogP contribution in [0.2, 0.25) is 0 Å². The first-order valence-electron chi connectivity index (χ1n) is 6.84. The van der Waals surface area contributed by atoms with Crippen LogP contribution in [0.1, 0.15) is 36.4 Å². The Balaban J connectivity index is 1.98. The van der Waals surface area contributed by atoms with Crippen molar-refractivity contribution in [1.29, 1.82) is 0 Å². The Bertz CT molecular complexity index is 558. The van der Waals surface area contributed by atoms with E-state index in [1.807, 2.05) is 30.3 Å². The Morgan fingerprint density at radius 2 is 2.10 bits per heavy atom. The molecule has 0 aliphatic heterocycles. The van der Waals surface area contributed by atoms with Crippen molar-refractivity contribution in [1.82, 2.24) is 5.32 Å². The average molecular weight is 310 g/mol. The number of benzene rings is 1. The average Bonchev–Trinajstić information content (AvgIpc) is 2.86. The molecule has 0 fully saturated rings. The monoisotopic (exact) mass is 309 g/mol. The lowest BCUT2D eigenvalue weighted by Gasteiger charge is -2.24. The summed E-state index contributed by atoms with van der Waals surface area (Å²) in [5, 5.41) is 4.17. The molecule has 0 aliphatic carbocycles. The molecule has 2 rings (SSSR count). The lowest BCUT2D eigenvalue weighted by atomic mass is 9.88. The van der Waals surface area contributed by atoms with Gasteiger partial charge in [-0.25, -0.2) is 0 Å². The summed E-state index contributed by atoms with van der Waals surface area (Å²) in [7, 11) is 0. The molecule has 1 N–H and O–H groups in total. The molecule has 0 unspecified atom stereocenters. The first kappa shape index (κ1) is 15.3. The molecule has 2 nitrogen and oxygen atoms in total. The molecule has 0 bridgehead atoms. The van der Waals surface area contributed by atoms with E-state index in [4.69, 9.17) is 11.6 Å². The van der Waals surface area contributed by atoms with Gasteiger partial charge in [-0.3, -0.25) is 4.79 Å². The van der Waals surface area contributed by atoms with Crippen molar-refractivity contribution in [3.05, 3.63) is 35.2 Å². The van der Waals surface area contributed by atoms with Gasteiger partial charge in [0.2, 0.25) is 0 Å². The number of hydrogen-bond acceptors (Lipinski definition) is 2. The molecular formula is C16H20ClNOS. The summed E-state index contributed by atoms with van der Waals surface area (Å²) < 4.78 is 1.15. The number of nitrogens with one attached hydrogen (secondary N) is 1. The molecule has 1 aromatic heterocycles. The molecule has 0 saturated carbocycles. The van der Waals surface area contributed by atoms with Crippen LogP contribution in [-0.2, 0) is 0 Å². The number of amides is 1. The zero-order chi connectivity index (χ0) is 14.6. The lowest BCUT2D eigenvalue weighted by molar-refractivity contribution is 0.0938. The SMILES string of the molecule is CC(C)(CCCCl)CNC(=O)c1cc2ccccc2s1. The third-order valence-corrected chi connectivity index (χ3v) is 4.75. The lowest BCUT2D eigenvalue weighted by Crippen LogP contribution is -2.33. The van der Waals surface area contributed by atoms with Gasteiger partial charge in [0.05, 0.1) is 4.88 Å². The molecule has 0 atom stereocenters. The molecule has 1 heterocycles. The molecule has 0 saturated heterocycles. The number of carbonyl (C=O) groups excluding carboxylic acids is 1. The van der Waals surface area contributed by atoms with E-state index in [-0.39, 0.29) is 11.3 Å². The minimum absolute atomic E-state index is 0.0187. The molecule has 1 amide bonds. The molecule has 0 radical (unpaired) electrons. The molecule has 2 aromatic rings. The van der Waals surface area contributed by atoms with Gasteiger partial charge < -0.3 is 5.32 Å². The number of carbonyl (C=O) groups is 1. The highest BCUT2D eigenvalue weighted by molar-refractivity contribution is 7.20. The maximum Gasteiger partial charge on any atom is 0.261 e. The van der Waals surface area contributed by atoms with E-state index in [0.717, 1.165) is 27.8 Å². The topological polar surface area (TPSA) is 29.1 Å². The van der Waals surface area contributed by atoms with Gasteiger partial charge in [0.1, 0.15) is 0 Å². The summed E-state index contributed by atoms with van der Waals surface area (Å²) in [6.07, 6.45) is 2.00. The Hall–Kier alpha value is -1.06. The largest absolute Gasteiger partial charge is 0.351 e. The van der Waals surface area contributed by atoms with Crippen molar-refractivity contribution in [2.45, 2.75) is 26.7 Å². The predicted octanol–water partition coefficient (Wildman–Crippen LogP) is 4.68. The summed E-state index contributed by atoms with van der Waals surface area (Å²) in [6, 6.07) is 10.0. The fraction of sp³-hybridized carbons (Fsp3) is 0.438. The van der Waals surface area contributed by atoms with Crippen LogP contribution in [0.4, 0.5) is 0 Å². The number of rotatable bonds is 6. The van der Waals surface area contributed by atoms with Crippen molar-refractivity contribution in [3.8, 4) is 0 Å². The second-order valence-electron chi connectivity index (χ2n) is 5.79. The minimum Gasteiger partial charge on any atom is -0.351 e. The highest BCUT2D eigenvalue weighted by Gasteiger charge is 2.19. The van der Waals surface area contributed by atoms with E-state index >= 15 is 0 Å². The van der Waals surface area contributed by atoms with E-state index < -0.39 is 0 Å².